The average molecular weight is 386 g/mol. The quantitative estimate of drug-likeness (QED) is 0.800. The fourth-order valence-corrected chi connectivity index (χ4v) is 3.91. The number of benzene rings is 2. The lowest BCUT2D eigenvalue weighted by molar-refractivity contribution is 0.0474. The van der Waals surface area contributed by atoms with Crippen LogP contribution in [0.25, 0.3) is 0 Å². The number of rotatable bonds is 6. The fraction of sp³-hybridized carbons (Fsp3) is 0.455. The van der Waals surface area contributed by atoms with E-state index < -0.39 is 6.10 Å². The molecule has 5 nitrogen and oxygen atoms in total. The van der Waals surface area contributed by atoms with E-state index in [1.54, 1.807) is 12.1 Å². The summed E-state index contributed by atoms with van der Waals surface area (Å²) in [5.41, 5.74) is 0.730. The molecule has 1 saturated heterocycles. The van der Waals surface area contributed by atoms with Gasteiger partial charge in [0.25, 0.3) is 0 Å². The predicted molar refractivity (Wildman–Crippen MR) is 105 cm³/mol. The summed E-state index contributed by atoms with van der Waals surface area (Å²) in [6.07, 6.45) is 1.58. The first-order valence-electron chi connectivity index (χ1n) is 9.95. The number of aliphatic hydroxyl groups is 1. The van der Waals surface area contributed by atoms with Gasteiger partial charge in [-0.2, -0.15) is 0 Å². The van der Waals surface area contributed by atoms with E-state index in [-0.39, 0.29) is 11.9 Å². The molecular formula is C22H27FN2O3. The second kappa shape index (κ2) is 8.90. The molecule has 0 aromatic heterocycles. The van der Waals surface area contributed by atoms with E-state index in [1.165, 1.54) is 12.1 Å². The lowest BCUT2D eigenvalue weighted by Crippen LogP contribution is -2.50. The lowest BCUT2D eigenvalue weighted by Gasteiger charge is -2.36. The highest BCUT2D eigenvalue weighted by Gasteiger charge is 2.26. The second-order valence-electron chi connectivity index (χ2n) is 7.57. The Morgan fingerprint density at radius 3 is 2.75 bits per heavy atom. The molecule has 150 valence electrons. The Labute approximate surface area is 165 Å². The van der Waals surface area contributed by atoms with Crippen LogP contribution in [-0.4, -0.2) is 54.9 Å². The van der Waals surface area contributed by atoms with E-state index in [4.69, 9.17) is 9.47 Å². The van der Waals surface area contributed by atoms with Crippen molar-refractivity contribution in [1.82, 2.24) is 10.2 Å². The molecule has 3 atom stereocenters. The molecule has 0 radical (unpaired) electrons. The monoisotopic (exact) mass is 386 g/mol. The molecule has 2 aromatic carbocycles. The zero-order chi connectivity index (χ0) is 19.3. The maximum Gasteiger partial charge on any atom is 0.161 e. The molecule has 0 aliphatic carbocycles. The number of hydrogen-bond acceptors (Lipinski definition) is 5. The Morgan fingerprint density at radius 1 is 1.14 bits per heavy atom. The van der Waals surface area contributed by atoms with Gasteiger partial charge in [-0.25, -0.2) is 4.39 Å². The zero-order valence-corrected chi connectivity index (χ0v) is 15.9. The first-order valence-corrected chi connectivity index (χ1v) is 9.95. The Kier molecular flexibility index (Phi) is 6.10. The summed E-state index contributed by atoms with van der Waals surface area (Å²) in [5, 5.41) is 13.8. The largest absolute Gasteiger partial charge is 0.486 e. The lowest BCUT2D eigenvalue weighted by atomic mass is 10.0. The number of halogens is 1. The third-order valence-electron chi connectivity index (χ3n) is 5.39. The first-order chi connectivity index (χ1) is 13.7. The minimum Gasteiger partial charge on any atom is -0.486 e. The van der Waals surface area contributed by atoms with Crippen molar-refractivity contribution in [3.8, 4) is 11.5 Å². The summed E-state index contributed by atoms with van der Waals surface area (Å²) in [6.45, 7) is 3.81. The number of para-hydroxylation sites is 2. The third kappa shape index (κ3) is 4.82. The number of hydrogen-bond donors (Lipinski definition) is 2. The highest BCUT2D eigenvalue weighted by molar-refractivity contribution is 5.40. The van der Waals surface area contributed by atoms with Crippen molar-refractivity contribution >= 4 is 0 Å². The van der Waals surface area contributed by atoms with E-state index in [0.717, 1.165) is 49.5 Å². The van der Waals surface area contributed by atoms with Crippen molar-refractivity contribution in [2.45, 2.75) is 31.1 Å². The van der Waals surface area contributed by atoms with E-state index in [2.05, 4.69) is 10.2 Å². The third-order valence-corrected chi connectivity index (χ3v) is 5.39. The standard InChI is InChI=1S/C22H27FN2O3/c23-17-9-7-16(8-10-17)20(26)12-24-18-4-3-11-25(13-18)14-19-15-27-21-5-1-2-6-22(21)28-19/h1-2,5-10,18-20,24,26H,3-4,11-15H2/t18-,19-,20?/m0/s1. The molecule has 0 amide bonds. The minimum absolute atomic E-state index is 0.0263. The molecule has 1 unspecified atom stereocenters. The van der Waals surface area contributed by atoms with Crippen LogP contribution in [-0.2, 0) is 0 Å². The van der Waals surface area contributed by atoms with Crippen molar-refractivity contribution in [2.75, 3.05) is 32.8 Å². The average Bonchev–Trinajstić information content (AvgIpc) is 2.73. The highest BCUT2D eigenvalue weighted by Crippen LogP contribution is 2.31. The highest BCUT2D eigenvalue weighted by atomic mass is 19.1. The van der Waals surface area contributed by atoms with Crippen molar-refractivity contribution in [3.05, 3.63) is 59.9 Å². The molecule has 6 heteroatoms. The van der Waals surface area contributed by atoms with Crippen molar-refractivity contribution in [2.24, 2.45) is 0 Å². The van der Waals surface area contributed by atoms with Gasteiger partial charge in [0, 0.05) is 25.7 Å². The summed E-state index contributed by atoms with van der Waals surface area (Å²) in [7, 11) is 0. The molecule has 0 spiro atoms. The van der Waals surface area contributed by atoms with Crippen molar-refractivity contribution in [3.63, 3.8) is 0 Å². The van der Waals surface area contributed by atoms with Gasteiger partial charge in [0.15, 0.2) is 11.5 Å². The van der Waals surface area contributed by atoms with Gasteiger partial charge in [-0.1, -0.05) is 24.3 Å². The summed E-state index contributed by atoms with van der Waals surface area (Å²) in [5.74, 6) is 1.34. The van der Waals surface area contributed by atoms with Crippen LogP contribution in [0, 0.1) is 5.82 Å². The summed E-state index contributed by atoms with van der Waals surface area (Å²) in [4.78, 5) is 2.40. The van der Waals surface area contributed by atoms with E-state index in [0.29, 0.717) is 19.2 Å². The fourth-order valence-electron chi connectivity index (χ4n) is 3.91. The van der Waals surface area contributed by atoms with E-state index >= 15 is 0 Å². The molecule has 2 aliphatic heterocycles. The molecular weight excluding hydrogens is 359 g/mol. The topological polar surface area (TPSA) is 54.0 Å². The van der Waals surface area contributed by atoms with Crippen LogP contribution in [0.15, 0.2) is 48.5 Å². The van der Waals surface area contributed by atoms with Crippen LogP contribution in [0.1, 0.15) is 24.5 Å². The van der Waals surface area contributed by atoms with E-state index in [9.17, 15) is 9.50 Å². The maximum atomic E-state index is 13.0. The van der Waals surface area contributed by atoms with Gasteiger partial charge in [-0.3, -0.25) is 4.90 Å². The second-order valence-corrected chi connectivity index (χ2v) is 7.57. The summed E-state index contributed by atoms with van der Waals surface area (Å²) in [6, 6.07) is 14.1. The maximum absolute atomic E-state index is 13.0. The number of ether oxygens (including phenoxy) is 2. The normalized spacial score (nSPS) is 23.4. The molecule has 4 rings (SSSR count). The van der Waals surface area contributed by atoms with Gasteiger partial charge >= 0.3 is 0 Å². The molecule has 2 aromatic rings. The van der Waals surface area contributed by atoms with Gasteiger partial charge in [0.05, 0.1) is 6.10 Å². The molecule has 2 aliphatic rings. The molecule has 0 saturated carbocycles. The van der Waals surface area contributed by atoms with Crippen LogP contribution in [0.4, 0.5) is 4.39 Å². The molecule has 1 fully saturated rings. The number of nitrogens with zero attached hydrogens (tertiary/aromatic N) is 1. The minimum atomic E-state index is -0.637. The van der Waals surface area contributed by atoms with Crippen LogP contribution in [0.2, 0.25) is 0 Å². The zero-order valence-electron chi connectivity index (χ0n) is 15.9. The smallest absolute Gasteiger partial charge is 0.161 e. The Balaban J connectivity index is 1.25. The molecule has 0 bridgehead atoms. The molecule has 28 heavy (non-hydrogen) atoms. The van der Waals surface area contributed by atoms with Gasteiger partial charge in [-0.15, -0.1) is 0 Å². The Hall–Kier alpha value is -2.15. The van der Waals surface area contributed by atoms with Crippen LogP contribution >= 0.6 is 0 Å². The number of likely N-dealkylation sites (tertiary alicyclic amines) is 1. The van der Waals surface area contributed by atoms with E-state index in [1.807, 2.05) is 24.3 Å². The van der Waals surface area contributed by atoms with Crippen LogP contribution < -0.4 is 14.8 Å². The number of fused-ring (bicyclic) bond motifs is 1. The number of aliphatic hydroxyl groups excluding tert-OH is 1. The van der Waals surface area contributed by atoms with Crippen LogP contribution in [0.5, 0.6) is 11.5 Å². The SMILES string of the molecule is OC(CN[C@H]1CCCN(C[C@H]2COc3ccccc3O2)C1)c1ccc(F)cc1. The Bertz CT molecular complexity index is 771. The number of piperidine rings is 1. The van der Waals surface area contributed by atoms with Gasteiger partial charge in [-0.05, 0) is 49.2 Å². The predicted octanol–water partition coefficient (Wildman–Crippen LogP) is 2.75. The van der Waals surface area contributed by atoms with Gasteiger partial charge in [0.2, 0.25) is 0 Å². The molecule has 2 N–H and O–H groups in total. The van der Waals surface area contributed by atoms with Crippen molar-refractivity contribution in [1.29, 1.82) is 0 Å². The summed E-state index contributed by atoms with van der Waals surface area (Å²) < 4.78 is 24.9. The molecule has 2 heterocycles. The first kappa shape index (κ1) is 19.2. The summed E-state index contributed by atoms with van der Waals surface area (Å²) >= 11 is 0. The van der Waals surface area contributed by atoms with Crippen LogP contribution in [0.3, 0.4) is 0 Å². The van der Waals surface area contributed by atoms with Gasteiger partial charge in [0.1, 0.15) is 18.5 Å². The number of nitrogens with one attached hydrogen (secondary N) is 1. The van der Waals surface area contributed by atoms with Crippen molar-refractivity contribution < 1.29 is 19.0 Å². The van der Waals surface area contributed by atoms with Gasteiger partial charge < -0.3 is 19.9 Å². The Morgan fingerprint density at radius 2 is 1.93 bits per heavy atom.